The molecule has 0 atom stereocenters. The molecule has 8 heteroatoms. The number of carbonyl (C=O) groups is 2. The first kappa shape index (κ1) is 29.9. The summed E-state index contributed by atoms with van der Waals surface area (Å²) >= 11 is 6.52. The van der Waals surface area contributed by atoms with Crippen molar-refractivity contribution in [3.8, 4) is 5.75 Å². The lowest BCUT2D eigenvalue weighted by Gasteiger charge is -2.31. The van der Waals surface area contributed by atoms with E-state index in [1.165, 1.54) is 5.56 Å². The molecule has 0 bridgehead atoms. The Balaban J connectivity index is 1.50. The largest absolute Gasteiger partial charge is 0.490 e. The molecule has 0 saturated heterocycles. The van der Waals surface area contributed by atoms with E-state index >= 15 is 0 Å². The number of nitrogens with one attached hydrogen (secondary N) is 2. The second-order valence-electron chi connectivity index (χ2n) is 11.8. The van der Waals surface area contributed by atoms with Gasteiger partial charge in [-0.1, -0.05) is 30.7 Å². The standard InChI is InChI=1S/C32H42ClN3O4/c1-6-28-27-19-34-30(37)26-17-22(33)18-29(25(26)11-9-7-8-10-21(27)16-20(2)35-28)39-24-14-12-23(13-15-24)36-31(38)40-32(3,4)5/h7,9,16-18,23-24H,6,8,10-15,19H2,1-5H3,(H,34,37)(H,36,38)/b9-7-/t23-,24-. The number of allylic oxidation sites excluding steroid dienone is 2. The van der Waals surface area contributed by atoms with E-state index < -0.39 is 5.60 Å². The van der Waals surface area contributed by atoms with Crippen LogP contribution in [0.1, 0.15) is 98.2 Å². The maximum absolute atomic E-state index is 13.5. The summed E-state index contributed by atoms with van der Waals surface area (Å²) in [5.41, 5.74) is 5.23. The number of aromatic nitrogens is 1. The normalized spacial score (nSPS) is 20.6. The van der Waals surface area contributed by atoms with Crippen LogP contribution in [0, 0.1) is 6.92 Å². The number of amides is 2. The summed E-state index contributed by atoms with van der Waals surface area (Å²) in [5.74, 6) is 0.477. The van der Waals surface area contributed by atoms with Gasteiger partial charge in [0.15, 0.2) is 0 Å². The number of benzene rings is 1. The zero-order chi connectivity index (χ0) is 28.9. The quantitative estimate of drug-likeness (QED) is 0.397. The number of nitrogens with zero attached hydrogens (tertiary/aromatic N) is 1. The first-order valence-corrected chi connectivity index (χ1v) is 14.8. The van der Waals surface area contributed by atoms with Crippen molar-refractivity contribution in [2.45, 2.75) is 110 Å². The molecule has 4 rings (SSSR count). The van der Waals surface area contributed by atoms with Crippen molar-refractivity contribution in [1.82, 2.24) is 15.6 Å². The van der Waals surface area contributed by atoms with Gasteiger partial charge in [0.05, 0.1) is 6.10 Å². The van der Waals surface area contributed by atoms with Crippen molar-refractivity contribution < 1.29 is 19.1 Å². The van der Waals surface area contributed by atoms with Crippen molar-refractivity contribution in [2.75, 3.05) is 0 Å². The minimum Gasteiger partial charge on any atom is -0.490 e. The van der Waals surface area contributed by atoms with Crippen molar-refractivity contribution in [3.63, 3.8) is 0 Å². The van der Waals surface area contributed by atoms with E-state index in [1.54, 1.807) is 6.07 Å². The molecule has 1 aromatic heterocycles. The predicted octanol–water partition coefficient (Wildman–Crippen LogP) is 6.80. The maximum atomic E-state index is 13.5. The van der Waals surface area contributed by atoms with E-state index in [4.69, 9.17) is 26.1 Å². The SMILES string of the molecule is CCc1nc(C)cc2c1CNC(=O)c1cc(Cl)cc(O[C@H]3CC[C@H](NC(=O)OC(C)(C)C)CC3)c1C/C=C\CC2. The average Bonchev–Trinajstić information content (AvgIpc) is 2.87. The number of hydrogen-bond donors (Lipinski definition) is 2. The number of pyridine rings is 1. The van der Waals surface area contributed by atoms with Gasteiger partial charge in [0.2, 0.25) is 0 Å². The van der Waals surface area contributed by atoms with Gasteiger partial charge in [-0.3, -0.25) is 9.78 Å². The monoisotopic (exact) mass is 567 g/mol. The highest BCUT2D eigenvalue weighted by atomic mass is 35.5. The number of fused-ring (bicyclic) bond motifs is 2. The Hall–Kier alpha value is -3.06. The molecule has 2 heterocycles. The van der Waals surface area contributed by atoms with E-state index in [0.29, 0.717) is 29.3 Å². The van der Waals surface area contributed by atoms with Gasteiger partial charge in [-0.2, -0.15) is 0 Å². The molecule has 1 aliphatic carbocycles. The molecule has 1 fully saturated rings. The van der Waals surface area contributed by atoms with Gasteiger partial charge in [-0.05, 0) is 108 Å². The van der Waals surface area contributed by atoms with Crippen LogP contribution in [0.15, 0.2) is 30.4 Å². The highest BCUT2D eigenvalue weighted by molar-refractivity contribution is 6.31. The molecule has 0 radical (unpaired) electrons. The highest BCUT2D eigenvalue weighted by Crippen LogP contribution is 2.33. The van der Waals surface area contributed by atoms with Crippen molar-refractivity contribution in [3.05, 3.63) is 69.0 Å². The summed E-state index contributed by atoms with van der Waals surface area (Å²) in [6, 6.07) is 5.73. The molecule has 1 aliphatic heterocycles. The lowest BCUT2D eigenvalue weighted by molar-refractivity contribution is 0.0470. The van der Waals surface area contributed by atoms with Crippen molar-refractivity contribution in [2.24, 2.45) is 0 Å². The van der Waals surface area contributed by atoms with E-state index in [9.17, 15) is 9.59 Å². The topological polar surface area (TPSA) is 89.5 Å². The Morgan fingerprint density at radius 2 is 1.88 bits per heavy atom. The van der Waals surface area contributed by atoms with E-state index in [1.807, 2.05) is 33.8 Å². The highest BCUT2D eigenvalue weighted by Gasteiger charge is 2.27. The van der Waals surface area contributed by atoms with Crippen LogP contribution in [-0.4, -0.2) is 34.7 Å². The summed E-state index contributed by atoms with van der Waals surface area (Å²) in [4.78, 5) is 30.4. The number of carbonyl (C=O) groups excluding carboxylic acids is 2. The lowest BCUT2D eigenvalue weighted by Crippen LogP contribution is -2.42. The lowest BCUT2D eigenvalue weighted by atomic mass is 9.92. The van der Waals surface area contributed by atoms with Gasteiger partial charge in [0.1, 0.15) is 11.4 Å². The molecule has 40 heavy (non-hydrogen) atoms. The van der Waals surface area contributed by atoms with Gasteiger partial charge in [0.25, 0.3) is 5.91 Å². The van der Waals surface area contributed by atoms with Gasteiger partial charge in [0, 0.05) is 40.1 Å². The van der Waals surface area contributed by atoms with Crippen LogP contribution in [0.2, 0.25) is 5.02 Å². The molecule has 0 spiro atoms. The van der Waals surface area contributed by atoms with Gasteiger partial charge < -0.3 is 20.1 Å². The third-order valence-corrected chi connectivity index (χ3v) is 7.59. The number of alkyl carbamates (subject to hydrolysis) is 1. The third-order valence-electron chi connectivity index (χ3n) is 7.37. The van der Waals surface area contributed by atoms with Crippen LogP contribution in [0.3, 0.4) is 0 Å². The summed E-state index contributed by atoms with van der Waals surface area (Å²) in [7, 11) is 0. The summed E-state index contributed by atoms with van der Waals surface area (Å²) in [6.07, 6.45) is 10.2. The molecule has 1 aromatic carbocycles. The minimum atomic E-state index is -0.526. The molecule has 2 aliphatic rings. The summed E-state index contributed by atoms with van der Waals surface area (Å²) in [5, 5.41) is 6.58. The number of ether oxygens (including phenoxy) is 2. The van der Waals surface area contributed by atoms with Gasteiger partial charge in [-0.25, -0.2) is 4.79 Å². The third kappa shape index (κ3) is 8.00. The fourth-order valence-electron chi connectivity index (χ4n) is 5.50. The molecular weight excluding hydrogens is 526 g/mol. The Bertz CT molecular complexity index is 1260. The molecule has 0 unspecified atom stereocenters. The van der Waals surface area contributed by atoms with E-state index in [2.05, 4.69) is 35.8 Å². The smallest absolute Gasteiger partial charge is 0.407 e. The molecule has 2 N–H and O–H groups in total. The first-order chi connectivity index (χ1) is 19.0. The van der Waals surface area contributed by atoms with Crippen LogP contribution < -0.4 is 15.4 Å². The van der Waals surface area contributed by atoms with Crippen LogP contribution in [0.25, 0.3) is 0 Å². The Kier molecular flexibility index (Phi) is 9.77. The number of aryl methyl sites for hydroxylation is 3. The second-order valence-corrected chi connectivity index (χ2v) is 12.2. The zero-order valence-corrected chi connectivity index (χ0v) is 25.1. The minimum absolute atomic E-state index is 0.0269. The van der Waals surface area contributed by atoms with Crippen LogP contribution in [0.4, 0.5) is 4.79 Å². The Morgan fingerprint density at radius 1 is 1.12 bits per heavy atom. The fourth-order valence-corrected chi connectivity index (χ4v) is 5.71. The van der Waals surface area contributed by atoms with E-state index in [-0.39, 0.29) is 24.1 Å². The summed E-state index contributed by atoms with van der Waals surface area (Å²) in [6.45, 7) is 10.1. The first-order valence-electron chi connectivity index (χ1n) is 14.4. The average molecular weight is 568 g/mol. The molecule has 7 nitrogen and oxygen atoms in total. The second kappa shape index (κ2) is 13.1. The number of rotatable bonds is 4. The molecule has 2 aromatic rings. The van der Waals surface area contributed by atoms with Crippen LogP contribution >= 0.6 is 11.6 Å². The number of hydrogen-bond acceptors (Lipinski definition) is 5. The van der Waals surface area contributed by atoms with Crippen molar-refractivity contribution >= 4 is 23.6 Å². The van der Waals surface area contributed by atoms with Gasteiger partial charge >= 0.3 is 6.09 Å². The molecule has 1 saturated carbocycles. The predicted molar refractivity (Wildman–Crippen MR) is 158 cm³/mol. The molecule has 2 amide bonds. The maximum Gasteiger partial charge on any atom is 0.407 e. The zero-order valence-electron chi connectivity index (χ0n) is 24.4. The summed E-state index contributed by atoms with van der Waals surface area (Å²) < 4.78 is 11.9. The Morgan fingerprint density at radius 3 is 2.58 bits per heavy atom. The van der Waals surface area contributed by atoms with Crippen LogP contribution in [-0.2, 0) is 30.5 Å². The fraction of sp³-hybridized carbons (Fsp3) is 0.531. The Labute approximate surface area is 243 Å². The van der Waals surface area contributed by atoms with E-state index in [0.717, 1.165) is 67.5 Å². The van der Waals surface area contributed by atoms with Crippen LogP contribution in [0.5, 0.6) is 5.75 Å². The van der Waals surface area contributed by atoms with Crippen molar-refractivity contribution in [1.29, 1.82) is 0 Å². The molecule has 216 valence electrons. The van der Waals surface area contributed by atoms with Gasteiger partial charge in [-0.15, -0.1) is 0 Å². The molecular formula is C32H42ClN3O4. The number of halogens is 1.